The van der Waals surface area contributed by atoms with E-state index in [0.29, 0.717) is 5.92 Å². The number of hydrogen-bond acceptors (Lipinski definition) is 1. The first-order chi connectivity index (χ1) is 6.84. The highest BCUT2D eigenvalue weighted by Crippen LogP contribution is 2.27. The molecule has 1 N–H and O–H groups in total. The average Bonchev–Trinajstić information content (AvgIpc) is 2.46. The van der Waals surface area contributed by atoms with Crippen LogP contribution in [0.25, 0.3) is 0 Å². The summed E-state index contributed by atoms with van der Waals surface area (Å²) in [7, 11) is 0. The minimum Gasteiger partial charge on any atom is -0.393 e. The van der Waals surface area contributed by atoms with Crippen molar-refractivity contribution in [2.24, 2.45) is 5.92 Å². The molecule has 0 bridgehead atoms. The molecule has 0 aromatic rings. The van der Waals surface area contributed by atoms with Gasteiger partial charge in [-0.05, 0) is 32.1 Å². The summed E-state index contributed by atoms with van der Waals surface area (Å²) in [5.41, 5.74) is 0. The molecule has 1 unspecified atom stereocenters. The highest BCUT2D eigenvalue weighted by Gasteiger charge is 2.19. The molecule has 1 heteroatoms. The van der Waals surface area contributed by atoms with E-state index in [2.05, 4.69) is 11.8 Å². The van der Waals surface area contributed by atoms with E-state index >= 15 is 0 Å². The Morgan fingerprint density at radius 1 is 1.21 bits per heavy atom. The van der Waals surface area contributed by atoms with Gasteiger partial charge in [-0.15, -0.1) is 11.8 Å². The Morgan fingerprint density at radius 3 is 2.43 bits per heavy atom. The molecule has 1 atom stereocenters. The highest BCUT2D eigenvalue weighted by molar-refractivity contribution is 4.95. The van der Waals surface area contributed by atoms with Crippen LogP contribution < -0.4 is 0 Å². The molecular formula is C13H22O. The summed E-state index contributed by atoms with van der Waals surface area (Å²) in [5, 5.41) is 9.96. The van der Waals surface area contributed by atoms with Gasteiger partial charge in [-0.3, -0.25) is 0 Å². The molecule has 0 spiro atoms. The lowest BCUT2D eigenvalue weighted by Crippen LogP contribution is -2.19. The van der Waals surface area contributed by atoms with Crippen molar-refractivity contribution in [1.29, 1.82) is 0 Å². The number of rotatable bonds is 3. The van der Waals surface area contributed by atoms with Crippen LogP contribution in [-0.4, -0.2) is 11.2 Å². The molecule has 1 rings (SSSR count). The summed E-state index contributed by atoms with van der Waals surface area (Å²) in [6.45, 7) is 1.86. The van der Waals surface area contributed by atoms with Gasteiger partial charge in [0, 0.05) is 6.42 Å². The topological polar surface area (TPSA) is 20.2 Å². The zero-order valence-corrected chi connectivity index (χ0v) is 9.26. The molecule has 0 saturated heterocycles. The van der Waals surface area contributed by atoms with E-state index in [1.54, 1.807) is 0 Å². The normalized spacial score (nSPS) is 20.7. The Kier molecular flexibility index (Phi) is 5.71. The maximum atomic E-state index is 9.96. The fourth-order valence-electron chi connectivity index (χ4n) is 2.28. The number of hydrogen-bond donors (Lipinski definition) is 1. The van der Waals surface area contributed by atoms with E-state index in [4.69, 9.17) is 0 Å². The molecule has 0 amide bonds. The van der Waals surface area contributed by atoms with Crippen molar-refractivity contribution in [2.45, 2.75) is 64.4 Å². The maximum Gasteiger partial charge on any atom is 0.0577 e. The summed E-state index contributed by atoms with van der Waals surface area (Å²) < 4.78 is 0. The quantitative estimate of drug-likeness (QED) is 0.540. The Morgan fingerprint density at radius 2 is 1.86 bits per heavy atom. The van der Waals surface area contributed by atoms with Crippen LogP contribution >= 0.6 is 0 Å². The fraction of sp³-hybridized carbons (Fsp3) is 0.846. The number of aliphatic hydroxyl groups is 1. The lowest BCUT2D eigenvalue weighted by Gasteiger charge is -2.20. The predicted octanol–water partition coefficient (Wildman–Crippen LogP) is 3.12. The third kappa shape index (κ3) is 4.15. The molecular weight excluding hydrogens is 172 g/mol. The molecule has 0 aromatic carbocycles. The molecule has 14 heavy (non-hydrogen) atoms. The smallest absolute Gasteiger partial charge is 0.0577 e. The van der Waals surface area contributed by atoms with E-state index in [9.17, 15) is 5.11 Å². The van der Waals surface area contributed by atoms with Crippen LogP contribution in [0.4, 0.5) is 0 Å². The summed E-state index contributed by atoms with van der Waals surface area (Å²) >= 11 is 0. The van der Waals surface area contributed by atoms with Crippen molar-refractivity contribution in [2.75, 3.05) is 0 Å². The molecule has 0 heterocycles. The van der Waals surface area contributed by atoms with Gasteiger partial charge >= 0.3 is 0 Å². The first-order valence-corrected chi connectivity index (χ1v) is 5.92. The van der Waals surface area contributed by atoms with Crippen molar-refractivity contribution in [3.63, 3.8) is 0 Å². The predicted molar refractivity (Wildman–Crippen MR) is 59.9 cm³/mol. The Balaban J connectivity index is 2.25. The largest absolute Gasteiger partial charge is 0.393 e. The van der Waals surface area contributed by atoms with Gasteiger partial charge in [0.25, 0.3) is 0 Å². The van der Waals surface area contributed by atoms with E-state index < -0.39 is 0 Å². The molecule has 1 aliphatic carbocycles. The van der Waals surface area contributed by atoms with Gasteiger partial charge in [-0.2, -0.15) is 0 Å². The van der Waals surface area contributed by atoms with Gasteiger partial charge in [0.05, 0.1) is 6.10 Å². The van der Waals surface area contributed by atoms with Gasteiger partial charge < -0.3 is 5.11 Å². The SMILES string of the molecule is CC#CCCC(O)C1CCCCCC1. The van der Waals surface area contributed by atoms with Crippen LogP contribution in [0.5, 0.6) is 0 Å². The van der Waals surface area contributed by atoms with E-state index in [1.807, 2.05) is 6.92 Å². The number of aliphatic hydroxyl groups excluding tert-OH is 1. The van der Waals surface area contributed by atoms with Gasteiger partial charge in [0.1, 0.15) is 0 Å². The second-order valence-electron chi connectivity index (χ2n) is 4.28. The van der Waals surface area contributed by atoms with Crippen LogP contribution in [0.15, 0.2) is 0 Å². The van der Waals surface area contributed by atoms with Crippen molar-refractivity contribution in [1.82, 2.24) is 0 Å². The molecule has 1 fully saturated rings. The molecule has 1 saturated carbocycles. The lowest BCUT2D eigenvalue weighted by atomic mass is 9.91. The monoisotopic (exact) mass is 194 g/mol. The standard InChI is InChI=1S/C13H22O/c1-2-3-6-11-13(14)12-9-7-4-5-8-10-12/h12-14H,4-11H2,1H3. The van der Waals surface area contributed by atoms with E-state index in [0.717, 1.165) is 12.8 Å². The minimum absolute atomic E-state index is 0.103. The molecule has 0 aliphatic heterocycles. The van der Waals surface area contributed by atoms with Crippen LogP contribution in [0.2, 0.25) is 0 Å². The van der Waals surface area contributed by atoms with Crippen molar-refractivity contribution in [3.05, 3.63) is 0 Å². The van der Waals surface area contributed by atoms with Crippen LogP contribution in [0, 0.1) is 17.8 Å². The second-order valence-corrected chi connectivity index (χ2v) is 4.28. The van der Waals surface area contributed by atoms with Crippen molar-refractivity contribution < 1.29 is 5.11 Å². The molecule has 0 aromatic heterocycles. The minimum atomic E-state index is -0.103. The van der Waals surface area contributed by atoms with Gasteiger partial charge in [0.15, 0.2) is 0 Å². The summed E-state index contributed by atoms with van der Waals surface area (Å²) in [6.07, 6.45) is 9.40. The second kappa shape index (κ2) is 6.90. The van der Waals surface area contributed by atoms with Crippen molar-refractivity contribution >= 4 is 0 Å². The third-order valence-electron chi connectivity index (χ3n) is 3.19. The van der Waals surface area contributed by atoms with Gasteiger partial charge in [-0.1, -0.05) is 25.7 Å². The Bertz CT molecular complexity index is 191. The average molecular weight is 194 g/mol. The van der Waals surface area contributed by atoms with Crippen LogP contribution in [0.1, 0.15) is 58.3 Å². The highest BCUT2D eigenvalue weighted by atomic mass is 16.3. The fourth-order valence-corrected chi connectivity index (χ4v) is 2.28. The van der Waals surface area contributed by atoms with Crippen LogP contribution in [-0.2, 0) is 0 Å². The van der Waals surface area contributed by atoms with E-state index in [1.165, 1.54) is 38.5 Å². The lowest BCUT2D eigenvalue weighted by molar-refractivity contribution is 0.0916. The zero-order valence-electron chi connectivity index (χ0n) is 9.26. The van der Waals surface area contributed by atoms with Crippen molar-refractivity contribution in [3.8, 4) is 11.8 Å². The van der Waals surface area contributed by atoms with Gasteiger partial charge in [0.2, 0.25) is 0 Å². The van der Waals surface area contributed by atoms with Crippen LogP contribution in [0.3, 0.4) is 0 Å². The zero-order chi connectivity index (χ0) is 10.2. The maximum absolute atomic E-state index is 9.96. The third-order valence-corrected chi connectivity index (χ3v) is 3.19. The summed E-state index contributed by atoms with van der Waals surface area (Å²) in [6, 6.07) is 0. The molecule has 80 valence electrons. The first kappa shape index (κ1) is 11.6. The summed E-state index contributed by atoms with van der Waals surface area (Å²) in [4.78, 5) is 0. The molecule has 1 aliphatic rings. The molecule has 0 radical (unpaired) electrons. The van der Waals surface area contributed by atoms with Gasteiger partial charge in [-0.25, -0.2) is 0 Å². The Labute approximate surface area is 87.9 Å². The Hall–Kier alpha value is -0.480. The van der Waals surface area contributed by atoms with E-state index in [-0.39, 0.29) is 6.10 Å². The summed E-state index contributed by atoms with van der Waals surface area (Å²) in [5.74, 6) is 6.45. The first-order valence-electron chi connectivity index (χ1n) is 5.92. The molecule has 1 nitrogen and oxygen atoms in total.